The van der Waals surface area contributed by atoms with Crippen LogP contribution < -0.4 is 14.4 Å². The number of nitrogens with zero attached hydrogens (tertiary/aromatic N) is 4. The molecule has 1 fully saturated rings. The predicted molar refractivity (Wildman–Crippen MR) is 124 cm³/mol. The number of piperazine rings is 1. The quantitative estimate of drug-likeness (QED) is 0.499. The molecule has 0 unspecified atom stereocenters. The summed E-state index contributed by atoms with van der Waals surface area (Å²) in [6.45, 7) is 13.3. The van der Waals surface area contributed by atoms with Gasteiger partial charge in [0.2, 0.25) is 0 Å². The van der Waals surface area contributed by atoms with Gasteiger partial charge in [-0.1, -0.05) is 0 Å². The molecular formula is C24H32N4O5. The van der Waals surface area contributed by atoms with Gasteiger partial charge in [0.05, 0.1) is 10.9 Å². The molecule has 0 N–H and O–H groups in total. The summed E-state index contributed by atoms with van der Waals surface area (Å²) in [6.07, 6.45) is 2.73. The first kappa shape index (κ1) is 23.1. The maximum Gasteiger partial charge on any atom is 0.410 e. The number of carbonyl (C=O) groups excluding carboxylic acids is 2. The molecular weight excluding hydrogens is 424 g/mol. The summed E-state index contributed by atoms with van der Waals surface area (Å²) in [7, 11) is 0. The van der Waals surface area contributed by atoms with Crippen LogP contribution in [0.3, 0.4) is 0 Å². The first-order valence-electron chi connectivity index (χ1n) is 11.3. The first-order chi connectivity index (χ1) is 15.4. The fourth-order valence-electron chi connectivity index (χ4n) is 4.21. The Balaban J connectivity index is 1.68. The van der Waals surface area contributed by atoms with Crippen molar-refractivity contribution in [2.45, 2.75) is 65.6 Å². The van der Waals surface area contributed by atoms with Gasteiger partial charge < -0.3 is 24.0 Å². The third-order valence-electron chi connectivity index (χ3n) is 5.76. The highest BCUT2D eigenvalue weighted by Gasteiger charge is 2.34. The summed E-state index contributed by atoms with van der Waals surface area (Å²) >= 11 is 0. The van der Waals surface area contributed by atoms with Gasteiger partial charge in [0.1, 0.15) is 34.8 Å². The van der Waals surface area contributed by atoms with Crippen LogP contribution in [0.5, 0.6) is 11.5 Å². The van der Waals surface area contributed by atoms with Crippen molar-refractivity contribution >= 4 is 28.8 Å². The van der Waals surface area contributed by atoms with Gasteiger partial charge in [-0.3, -0.25) is 4.79 Å². The first-order valence-corrected chi connectivity index (χ1v) is 11.3. The van der Waals surface area contributed by atoms with Gasteiger partial charge in [-0.2, -0.15) is 0 Å². The highest BCUT2D eigenvalue weighted by atomic mass is 16.6. The Morgan fingerprint density at radius 3 is 2.45 bits per heavy atom. The van der Waals surface area contributed by atoms with E-state index < -0.39 is 5.60 Å². The van der Waals surface area contributed by atoms with E-state index in [1.54, 1.807) is 11.0 Å². The molecule has 0 aliphatic carbocycles. The molecule has 2 aliphatic rings. The maximum atomic E-state index is 12.5. The Morgan fingerprint density at radius 1 is 1.12 bits per heavy atom. The van der Waals surface area contributed by atoms with E-state index in [1.165, 1.54) is 13.3 Å². The second kappa shape index (κ2) is 8.35. The minimum Gasteiger partial charge on any atom is -0.487 e. The molecule has 1 aromatic carbocycles. The van der Waals surface area contributed by atoms with Crippen LogP contribution in [0.4, 0.5) is 10.6 Å². The number of anilines is 1. The lowest BCUT2D eigenvalue weighted by molar-refractivity contribution is -0.131. The Hall–Kier alpha value is -3.10. The van der Waals surface area contributed by atoms with E-state index in [4.69, 9.17) is 14.2 Å². The van der Waals surface area contributed by atoms with Crippen molar-refractivity contribution < 1.29 is 23.8 Å². The largest absolute Gasteiger partial charge is 0.487 e. The fourth-order valence-corrected chi connectivity index (χ4v) is 4.21. The Labute approximate surface area is 194 Å². The Kier molecular flexibility index (Phi) is 5.84. The number of aromatic nitrogens is 2. The van der Waals surface area contributed by atoms with Crippen molar-refractivity contribution in [3.8, 4) is 11.5 Å². The molecule has 0 radical (unpaired) electrons. The van der Waals surface area contributed by atoms with Crippen molar-refractivity contribution in [3.05, 3.63) is 18.0 Å². The maximum absolute atomic E-state index is 12.5. The molecule has 0 atom stereocenters. The van der Waals surface area contributed by atoms with Crippen molar-refractivity contribution in [1.82, 2.24) is 14.9 Å². The van der Waals surface area contributed by atoms with Crippen LogP contribution in [-0.2, 0) is 16.0 Å². The number of amides is 1. The van der Waals surface area contributed by atoms with E-state index in [2.05, 4.69) is 14.9 Å². The lowest BCUT2D eigenvalue weighted by Gasteiger charge is -2.38. The fraction of sp³-hybridized carbons (Fsp3) is 0.583. The molecule has 9 nitrogen and oxygen atoms in total. The molecule has 4 rings (SSSR count). The van der Waals surface area contributed by atoms with Crippen LogP contribution in [0, 0.1) is 0 Å². The van der Waals surface area contributed by atoms with Crippen LogP contribution in [0.2, 0.25) is 0 Å². The second-order valence-electron chi connectivity index (χ2n) is 10.2. The second-order valence-corrected chi connectivity index (χ2v) is 10.2. The zero-order valence-electron chi connectivity index (χ0n) is 20.2. The summed E-state index contributed by atoms with van der Waals surface area (Å²) in [6, 6.07) is 1.79. The van der Waals surface area contributed by atoms with Crippen molar-refractivity contribution in [2.75, 3.05) is 31.1 Å². The Morgan fingerprint density at radius 2 is 1.82 bits per heavy atom. The average Bonchev–Trinajstić information content (AvgIpc) is 2.71. The van der Waals surface area contributed by atoms with Crippen LogP contribution in [0.1, 0.15) is 53.5 Å². The van der Waals surface area contributed by atoms with Gasteiger partial charge in [0.15, 0.2) is 0 Å². The molecule has 33 heavy (non-hydrogen) atoms. The van der Waals surface area contributed by atoms with Gasteiger partial charge in [-0.05, 0) is 47.5 Å². The number of hydrogen-bond donors (Lipinski definition) is 0. The number of rotatable bonds is 2. The zero-order chi connectivity index (χ0) is 24.0. The van der Waals surface area contributed by atoms with Gasteiger partial charge in [-0.25, -0.2) is 14.8 Å². The summed E-state index contributed by atoms with van der Waals surface area (Å²) in [5.41, 5.74) is 0.625. The summed E-state index contributed by atoms with van der Waals surface area (Å²) in [5.74, 6) is 1.53. The molecule has 0 bridgehead atoms. The summed E-state index contributed by atoms with van der Waals surface area (Å²) in [4.78, 5) is 37.1. The topological polar surface area (TPSA) is 94.1 Å². The molecule has 178 valence electrons. The van der Waals surface area contributed by atoms with Gasteiger partial charge >= 0.3 is 12.1 Å². The summed E-state index contributed by atoms with van der Waals surface area (Å²) in [5, 5.41) is 0.807. The highest BCUT2D eigenvalue weighted by Crippen LogP contribution is 2.46. The standard InChI is InChI=1S/C24H32N4O5/c1-15(29)31-18-13-17-19(20-16(18)7-8-24(5,6)32-20)21(26-14-25-17)27-9-11-28(12-10-27)22(30)33-23(2,3)4/h13-14H,7-12H2,1-6H3. The molecule has 1 aromatic heterocycles. The highest BCUT2D eigenvalue weighted by molar-refractivity contribution is 5.98. The van der Waals surface area contributed by atoms with Gasteiger partial charge in [0.25, 0.3) is 0 Å². The molecule has 1 amide bonds. The van der Waals surface area contributed by atoms with E-state index in [-0.39, 0.29) is 17.7 Å². The van der Waals surface area contributed by atoms with Crippen molar-refractivity contribution in [1.29, 1.82) is 0 Å². The molecule has 9 heteroatoms. The van der Waals surface area contributed by atoms with Gasteiger partial charge in [0, 0.05) is 44.7 Å². The lowest BCUT2D eigenvalue weighted by atomic mass is 9.92. The van der Waals surface area contributed by atoms with Crippen LogP contribution in [0.25, 0.3) is 10.9 Å². The van der Waals surface area contributed by atoms with E-state index in [9.17, 15) is 9.59 Å². The molecule has 2 aliphatic heterocycles. The monoisotopic (exact) mass is 456 g/mol. The third-order valence-corrected chi connectivity index (χ3v) is 5.76. The smallest absolute Gasteiger partial charge is 0.410 e. The van der Waals surface area contributed by atoms with Crippen LogP contribution >= 0.6 is 0 Å². The molecule has 2 aromatic rings. The van der Waals surface area contributed by atoms with Crippen molar-refractivity contribution in [3.63, 3.8) is 0 Å². The normalized spacial score (nSPS) is 17.9. The van der Waals surface area contributed by atoms with Crippen molar-refractivity contribution in [2.24, 2.45) is 0 Å². The number of carbonyl (C=O) groups is 2. The third kappa shape index (κ3) is 4.96. The molecule has 0 saturated carbocycles. The number of esters is 1. The van der Waals surface area contributed by atoms with E-state index in [0.29, 0.717) is 43.2 Å². The SMILES string of the molecule is CC(=O)Oc1cc2ncnc(N3CCN(C(=O)OC(C)(C)C)CC3)c2c2c1CCC(C)(C)O2. The average molecular weight is 457 g/mol. The number of fused-ring (bicyclic) bond motifs is 3. The molecule has 3 heterocycles. The number of benzene rings is 1. The Bertz CT molecular complexity index is 1080. The molecule has 0 spiro atoms. The number of hydrogen-bond acceptors (Lipinski definition) is 8. The molecule has 1 saturated heterocycles. The zero-order valence-corrected chi connectivity index (χ0v) is 20.2. The van der Waals surface area contributed by atoms with Gasteiger partial charge in [-0.15, -0.1) is 0 Å². The van der Waals surface area contributed by atoms with E-state index in [0.717, 1.165) is 29.6 Å². The summed E-state index contributed by atoms with van der Waals surface area (Å²) < 4.78 is 17.4. The minimum atomic E-state index is -0.528. The lowest BCUT2D eigenvalue weighted by Crippen LogP contribution is -2.50. The van der Waals surface area contributed by atoms with Crippen LogP contribution in [0.15, 0.2) is 12.4 Å². The van der Waals surface area contributed by atoms with Crippen LogP contribution in [-0.4, -0.2) is 64.3 Å². The number of ether oxygens (including phenoxy) is 3. The van der Waals surface area contributed by atoms with E-state index in [1.807, 2.05) is 34.6 Å². The minimum absolute atomic E-state index is 0.303. The van der Waals surface area contributed by atoms with E-state index >= 15 is 0 Å². The predicted octanol–water partition coefficient (Wildman–Crippen LogP) is 3.72.